The summed E-state index contributed by atoms with van der Waals surface area (Å²) in [5.74, 6) is -0.266. The molecule has 0 aliphatic carbocycles. The van der Waals surface area contributed by atoms with Crippen molar-refractivity contribution in [1.29, 1.82) is 0 Å². The smallest absolute Gasteiger partial charge is 0.145 e. The van der Waals surface area contributed by atoms with Gasteiger partial charge in [0, 0.05) is 31.1 Å². The second-order valence-electron chi connectivity index (χ2n) is 8.14. The third-order valence-corrected chi connectivity index (χ3v) is 5.70. The molecule has 0 fully saturated rings. The van der Waals surface area contributed by atoms with E-state index in [-0.39, 0.29) is 11.9 Å². The molecule has 1 aliphatic rings. The van der Waals surface area contributed by atoms with Crippen molar-refractivity contribution in [2.24, 2.45) is 5.16 Å². The van der Waals surface area contributed by atoms with Gasteiger partial charge in [0.1, 0.15) is 11.9 Å². The minimum Gasteiger partial charge on any atom is -0.391 e. The number of benzene rings is 3. The summed E-state index contributed by atoms with van der Waals surface area (Å²) in [5, 5.41) is 15.7. The Bertz CT molecular complexity index is 1040. The van der Waals surface area contributed by atoms with Crippen molar-refractivity contribution in [2.75, 3.05) is 13.1 Å². The van der Waals surface area contributed by atoms with Gasteiger partial charge in [0.25, 0.3) is 0 Å². The van der Waals surface area contributed by atoms with E-state index in [2.05, 4.69) is 10.1 Å². The highest BCUT2D eigenvalue weighted by atomic mass is 35.5. The molecule has 6 heteroatoms. The fourth-order valence-corrected chi connectivity index (χ4v) is 4.10. The normalized spacial score (nSPS) is 16.6. The lowest BCUT2D eigenvalue weighted by atomic mass is 10.0. The third-order valence-electron chi connectivity index (χ3n) is 5.45. The van der Waals surface area contributed by atoms with E-state index in [1.54, 1.807) is 6.07 Å². The van der Waals surface area contributed by atoms with Gasteiger partial charge in [0.05, 0.1) is 11.8 Å². The van der Waals surface area contributed by atoms with Crippen molar-refractivity contribution < 1.29 is 14.3 Å². The first kappa shape index (κ1) is 22.5. The van der Waals surface area contributed by atoms with Gasteiger partial charge in [-0.1, -0.05) is 71.4 Å². The molecule has 1 N–H and O–H groups in total. The predicted octanol–water partition coefficient (Wildman–Crippen LogP) is 5.08. The van der Waals surface area contributed by atoms with Crippen LogP contribution in [-0.2, 0) is 17.8 Å². The van der Waals surface area contributed by atoms with Gasteiger partial charge in [-0.2, -0.15) is 0 Å². The van der Waals surface area contributed by atoms with Crippen LogP contribution in [0.4, 0.5) is 4.39 Å². The zero-order valence-electron chi connectivity index (χ0n) is 17.7. The summed E-state index contributed by atoms with van der Waals surface area (Å²) in [6.07, 6.45) is 0.524. The van der Waals surface area contributed by atoms with Gasteiger partial charge in [0.15, 0.2) is 0 Å². The number of halogens is 2. The Labute approximate surface area is 192 Å². The first-order chi connectivity index (χ1) is 15.5. The lowest BCUT2D eigenvalue weighted by molar-refractivity contribution is 0.0322. The molecular weight excluding hydrogens is 427 g/mol. The van der Waals surface area contributed by atoms with Gasteiger partial charge in [0.2, 0.25) is 0 Å². The van der Waals surface area contributed by atoms with E-state index in [4.69, 9.17) is 16.4 Å². The Morgan fingerprint density at radius 1 is 1.03 bits per heavy atom. The highest BCUT2D eigenvalue weighted by Gasteiger charge is 2.26. The minimum absolute atomic E-state index is 0.141. The van der Waals surface area contributed by atoms with E-state index in [9.17, 15) is 9.50 Å². The van der Waals surface area contributed by atoms with Crippen molar-refractivity contribution in [3.05, 3.63) is 106 Å². The molecule has 2 unspecified atom stereocenters. The number of rotatable bonds is 9. The van der Waals surface area contributed by atoms with Gasteiger partial charge >= 0.3 is 0 Å². The predicted molar refractivity (Wildman–Crippen MR) is 125 cm³/mol. The molecule has 4 rings (SSSR count). The van der Waals surface area contributed by atoms with Gasteiger partial charge in [-0.05, 0) is 47.4 Å². The van der Waals surface area contributed by atoms with Crippen molar-refractivity contribution >= 4 is 17.3 Å². The molecule has 0 spiro atoms. The lowest BCUT2D eigenvalue weighted by Gasteiger charge is -2.27. The Morgan fingerprint density at radius 2 is 1.78 bits per heavy atom. The molecule has 0 aromatic heterocycles. The summed E-state index contributed by atoms with van der Waals surface area (Å²) in [7, 11) is 0. The van der Waals surface area contributed by atoms with E-state index in [1.807, 2.05) is 60.7 Å². The zero-order valence-corrected chi connectivity index (χ0v) is 18.5. The average Bonchev–Trinajstić information content (AvgIpc) is 3.23. The number of aliphatic hydroxyl groups excluding tert-OH is 1. The summed E-state index contributed by atoms with van der Waals surface area (Å²) in [5.41, 5.74) is 3.80. The molecule has 0 bridgehead atoms. The van der Waals surface area contributed by atoms with Crippen LogP contribution in [0.15, 0.2) is 84.0 Å². The fourth-order valence-electron chi connectivity index (χ4n) is 3.97. The molecule has 1 aliphatic heterocycles. The topological polar surface area (TPSA) is 45.1 Å². The van der Waals surface area contributed by atoms with Crippen LogP contribution in [0.3, 0.4) is 0 Å². The maximum Gasteiger partial charge on any atom is 0.145 e. The second-order valence-corrected chi connectivity index (χ2v) is 8.58. The van der Waals surface area contributed by atoms with Gasteiger partial charge in [-0.3, -0.25) is 4.90 Å². The van der Waals surface area contributed by atoms with Gasteiger partial charge in [-0.15, -0.1) is 0 Å². The molecule has 4 nitrogen and oxygen atoms in total. The van der Waals surface area contributed by atoms with Crippen LogP contribution >= 0.6 is 11.6 Å². The monoisotopic (exact) mass is 452 g/mol. The Kier molecular flexibility index (Phi) is 7.53. The van der Waals surface area contributed by atoms with Crippen LogP contribution in [0.2, 0.25) is 5.02 Å². The van der Waals surface area contributed by atoms with Crippen LogP contribution in [0, 0.1) is 5.82 Å². The summed E-state index contributed by atoms with van der Waals surface area (Å²) in [6.45, 7) is 1.53. The van der Waals surface area contributed by atoms with Crippen molar-refractivity contribution in [3.8, 4) is 0 Å². The SMILES string of the molecule is OC(Cc1ccccc1)CN(Cc1cccc(F)c1)CC1CC(c2ccc(Cl)cc2)=NO1. The number of hydrogen-bond acceptors (Lipinski definition) is 4. The number of nitrogens with zero attached hydrogens (tertiary/aromatic N) is 2. The van der Waals surface area contributed by atoms with Gasteiger partial charge < -0.3 is 9.94 Å². The summed E-state index contributed by atoms with van der Waals surface area (Å²) in [6, 6.07) is 24.0. The standard InChI is InChI=1S/C26H26ClFN2O2/c27-22-11-9-21(10-12-22)26-15-25(32-29-26)18-30(16-20-7-4-8-23(28)13-20)17-24(31)14-19-5-2-1-3-6-19/h1-13,24-25,31H,14-18H2. The molecule has 0 saturated heterocycles. The highest BCUT2D eigenvalue weighted by Crippen LogP contribution is 2.20. The summed E-state index contributed by atoms with van der Waals surface area (Å²) >= 11 is 5.98. The third kappa shape index (κ3) is 6.39. The van der Waals surface area contributed by atoms with Crippen LogP contribution in [0.1, 0.15) is 23.1 Å². The molecule has 166 valence electrons. The number of oxime groups is 1. The first-order valence-corrected chi connectivity index (χ1v) is 11.1. The molecule has 3 aromatic carbocycles. The van der Waals surface area contributed by atoms with Crippen LogP contribution < -0.4 is 0 Å². The minimum atomic E-state index is -0.552. The summed E-state index contributed by atoms with van der Waals surface area (Å²) < 4.78 is 13.7. The van der Waals surface area contributed by atoms with Crippen LogP contribution in [0.5, 0.6) is 0 Å². The maximum absolute atomic E-state index is 13.7. The molecule has 2 atom stereocenters. The lowest BCUT2D eigenvalue weighted by Crippen LogP contribution is -2.38. The van der Waals surface area contributed by atoms with Crippen molar-refractivity contribution in [2.45, 2.75) is 31.6 Å². The highest BCUT2D eigenvalue weighted by molar-refractivity contribution is 6.30. The van der Waals surface area contributed by atoms with E-state index >= 15 is 0 Å². The number of aliphatic hydroxyl groups is 1. The second kappa shape index (κ2) is 10.7. The summed E-state index contributed by atoms with van der Waals surface area (Å²) in [4.78, 5) is 7.80. The van der Waals surface area contributed by atoms with E-state index < -0.39 is 6.10 Å². The van der Waals surface area contributed by atoms with Crippen LogP contribution in [-0.4, -0.2) is 41.0 Å². The Morgan fingerprint density at radius 3 is 2.53 bits per heavy atom. The molecule has 1 heterocycles. The fraction of sp³-hybridized carbons (Fsp3) is 0.269. The molecule has 0 saturated carbocycles. The van der Waals surface area contributed by atoms with Crippen molar-refractivity contribution in [1.82, 2.24) is 4.90 Å². The average molecular weight is 453 g/mol. The molecule has 0 radical (unpaired) electrons. The maximum atomic E-state index is 13.7. The number of hydrogen-bond donors (Lipinski definition) is 1. The molecular formula is C26H26ClFN2O2. The van der Waals surface area contributed by atoms with Gasteiger partial charge in [-0.25, -0.2) is 4.39 Å². The van der Waals surface area contributed by atoms with Crippen molar-refractivity contribution in [3.63, 3.8) is 0 Å². The Balaban J connectivity index is 1.41. The molecule has 0 amide bonds. The first-order valence-electron chi connectivity index (χ1n) is 10.7. The quantitative estimate of drug-likeness (QED) is 0.492. The molecule has 3 aromatic rings. The Hall–Kier alpha value is -2.73. The zero-order chi connectivity index (χ0) is 22.3. The largest absolute Gasteiger partial charge is 0.391 e. The van der Waals surface area contributed by atoms with E-state index in [0.717, 1.165) is 22.4 Å². The molecule has 32 heavy (non-hydrogen) atoms. The van der Waals surface area contributed by atoms with E-state index in [0.29, 0.717) is 37.5 Å². The van der Waals surface area contributed by atoms with Crippen LogP contribution in [0.25, 0.3) is 0 Å². The van der Waals surface area contributed by atoms with E-state index in [1.165, 1.54) is 12.1 Å².